The first kappa shape index (κ1) is 17.4. The maximum Gasteiger partial charge on any atom is 0.264 e. The third-order valence-corrected chi connectivity index (χ3v) is 3.94. The van der Waals surface area contributed by atoms with Crippen molar-refractivity contribution < 1.29 is 9.84 Å². The molecule has 0 bridgehead atoms. The smallest absolute Gasteiger partial charge is 0.264 e. The molecular formula is C18H16N4O3S. The van der Waals surface area contributed by atoms with Crippen molar-refractivity contribution in [2.45, 2.75) is 0 Å². The van der Waals surface area contributed by atoms with Crippen LogP contribution in [0.3, 0.4) is 0 Å². The number of hydrogen-bond acceptors (Lipinski definition) is 6. The summed E-state index contributed by atoms with van der Waals surface area (Å²) in [5, 5.41) is 10.7. The number of benzene rings is 2. The van der Waals surface area contributed by atoms with Crippen molar-refractivity contribution >= 4 is 29.8 Å². The van der Waals surface area contributed by atoms with Gasteiger partial charge in [0.2, 0.25) is 5.88 Å². The number of H-pyrrole nitrogens is 1. The van der Waals surface area contributed by atoms with E-state index in [1.54, 1.807) is 48.5 Å². The van der Waals surface area contributed by atoms with Gasteiger partial charge in [0.25, 0.3) is 5.56 Å². The number of aliphatic imine (C=N–C) groups is 1. The largest absolute Gasteiger partial charge is 0.495 e. The van der Waals surface area contributed by atoms with Gasteiger partial charge < -0.3 is 15.6 Å². The summed E-state index contributed by atoms with van der Waals surface area (Å²) >= 11 is 5.20. The Hall–Kier alpha value is -3.39. The molecule has 1 aromatic heterocycles. The second kappa shape index (κ2) is 7.24. The van der Waals surface area contributed by atoms with Crippen LogP contribution in [0.15, 0.2) is 58.3 Å². The first-order valence-electron chi connectivity index (χ1n) is 7.62. The number of para-hydroxylation sites is 2. The van der Waals surface area contributed by atoms with Crippen LogP contribution < -0.4 is 16.0 Å². The summed E-state index contributed by atoms with van der Waals surface area (Å²) in [5.41, 5.74) is 6.72. The van der Waals surface area contributed by atoms with Crippen LogP contribution in [0.1, 0.15) is 5.56 Å². The molecule has 0 radical (unpaired) electrons. The van der Waals surface area contributed by atoms with Crippen molar-refractivity contribution in [3.05, 3.63) is 69.2 Å². The third kappa shape index (κ3) is 3.35. The van der Waals surface area contributed by atoms with Crippen molar-refractivity contribution in [3.8, 4) is 17.3 Å². The van der Waals surface area contributed by atoms with Crippen molar-refractivity contribution in [1.29, 1.82) is 0 Å². The lowest BCUT2D eigenvalue weighted by Crippen LogP contribution is -2.18. The van der Waals surface area contributed by atoms with Gasteiger partial charge in [-0.15, -0.1) is 0 Å². The van der Waals surface area contributed by atoms with Crippen LogP contribution >= 0.6 is 12.2 Å². The lowest BCUT2D eigenvalue weighted by atomic mass is 10.2. The lowest BCUT2D eigenvalue weighted by molar-refractivity contribution is 0.402. The molecule has 0 aliphatic rings. The average molecular weight is 368 g/mol. The van der Waals surface area contributed by atoms with Gasteiger partial charge in [-0.05, 0) is 42.5 Å². The number of hydrogen-bond donors (Lipinski definition) is 3. The maximum atomic E-state index is 12.2. The molecule has 0 amide bonds. The monoisotopic (exact) mass is 368 g/mol. The Balaban J connectivity index is 2.16. The highest BCUT2D eigenvalue weighted by molar-refractivity contribution is 7.71. The molecule has 0 aliphatic carbocycles. The summed E-state index contributed by atoms with van der Waals surface area (Å²) in [7, 11) is 1.51. The van der Waals surface area contributed by atoms with Crippen LogP contribution in [-0.2, 0) is 0 Å². The number of nitrogens with two attached hydrogens (primary N) is 1. The molecule has 0 fully saturated rings. The zero-order valence-electron chi connectivity index (χ0n) is 13.8. The topological polar surface area (TPSA) is 106 Å². The van der Waals surface area contributed by atoms with E-state index in [0.717, 1.165) is 0 Å². The van der Waals surface area contributed by atoms with Crippen LogP contribution in [0.4, 0.5) is 11.4 Å². The molecule has 4 N–H and O–H groups in total. The molecule has 3 rings (SSSR count). The molecule has 0 saturated carbocycles. The zero-order chi connectivity index (χ0) is 18.7. The number of aromatic nitrogens is 2. The van der Waals surface area contributed by atoms with Gasteiger partial charge >= 0.3 is 0 Å². The number of anilines is 1. The van der Waals surface area contributed by atoms with Gasteiger partial charge in [0.15, 0.2) is 4.77 Å². The van der Waals surface area contributed by atoms with E-state index in [0.29, 0.717) is 22.8 Å². The van der Waals surface area contributed by atoms with Crippen molar-refractivity contribution in [3.63, 3.8) is 0 Å². The number of nitrogens with one attached hydrogen (secondary N) is 1. The summed E-state index contributed by atoms with van der Waals surface area (Å²) in [6.45, 7) is 0. The molecule has 8 heteroatoms. The van der Waals surface area contributed by atoms with E-state index in [9.17, 15) is 9.90 Å². The van der Waals surface area contributed by atoms with Gasteiger partial charge in [-0.2, -0.15) is 0 Å². The van der Waals surface area contributed by atoms with Crippen molar-refractivity contribution in [1.82, 2.24) is 9.55 Å². The van der Waals surface area contributed by atoms with Gasteiger partial charge in [0.05, 0.1) is 18.5 Å². The van der Waals surface area contributed by atoms with Crippen molar-refractivity contribution in [2.24, 2.45) is 4.99 Å². The summed E-state index contributed by atoms with van der Waals surface area (Å²) < 4.78 is 6.66. The first-order valence-corrected chi connectivity index (χ1v) is 8.03. The molecule has 132 valence electrons. The van der Waals surface area contributed by atoms with E-state index in [1.165, 1.54) is 17.9 Å². The Kier molecular flexibility index (Phi) is 4.85. The molecule has 3 aromatic rings. The zero-order valence-corrected chi connectivity index (χ0v) is 14.7. The van der Waals surface area contributed by atoms with Crippen molar-refractivity contribution in [2.75, 3.05) is 12.8 Å². The highest BCUT2D eigenvalue weighted by Crippen LogP contribution is 2.27. The van der Waals surface area contributed by atoms with E-state index in [1.807, 2.05) is 0 Å². The Morgan fingerprint density at radius 3 is 2.77 bits per heavy atom. The highest BCUT2D eigenvalue weighted by atomic mass is 32.1. The van der Waals surface area contributed by atoms with Crippen LogP contribution in [0, 0.1) is 4.77 Å². The quantitative estimate of drug-likeness (QED) is 0.373. The van der Waals surface area contributed by atoms with Crippen LogP contribution in [0.5, 0.6) is 11.6 Å². The fourth-order valence-electron chi connectivity index (χ4n) is 2.44. The molecule has 1 heterocycles. The van der Waals surface area contributed by atoms with Gasteiger partial charge in [0.1, 0.15) is 11.3 Å². The number of nitrogens with zero attached hydrogens (tertiary/aromatic N) is 2. The van der Waals surface area contributed by atoms with Gasteiger partial charge in [-0.25, -0.2) is 0 Å². The Morgan fingerprint density at radius 1 is 1.27 bits per heavy atom. The predicted octanol–water partition coefficient (Wildman–Crippen LogP) is 2.94. The summed E-state index contributed by atoms with van der Waals surface area (Å²) in [4.78, 5) is 19.0. The number of nitrogen functional groups attached to an aromatic ring is 1. The Labute approximate surface area is 154 Å². The number of rotatable bonds is 4. The molecule has 0 saturated heterocycles. The standard InChI is InChI=1S/C18H16N4O3S/c1-25-15-8-3-2-7-14(15)22-17(24)13(16(23)21-18(22)26)10-20-12-6-4-5-11(19)9-12/h2-10,24H,19H2,1H3,(H,21,23,26). The van der Waals surface area contributed by atoms with Gasteiger partial charge in [-0.1, -0.05) is 18.2 Å². The van der Waals surface area contributed by atoms with E-state index in [4.69, 9.17) is 22.7 Å². The second-order valence-electron chi connectivity index (χ2n) is 5.36. The maximum absolute atomic E-state index is 12.2. The SMILES string of the molecule is COc1ccccc1-n1c(O)c(C=Nc2cccc(N)c2)c(=O)[nH]c1=S. The summed E-state index contributed by atoms with van der Waals surface area (Å²) in [6.07, 6.45) is 1.27. The molecule has 0 aliphatic heterocycles. The fourth-order valence-corrected chi connectivity index (χ4v) is 2.71. The lowest BCUT2D eigenvalue weighted by Gasteiger charge is -2.14. The van der Waals surface area contributed by atoms with Crippen LogP contribution in [0.2, 0.25) is 0 Å². The molecule has 0 atom stereocenters. The van der Waals surface area contributed by atoms with E-state index in [2.05, 4.69) is 9.98 Å². The van der Waals surface area contributed by atoms with E-state index in [-0.39, 0.29) is 16.2 Å². The molecule has 2 aromatic carbocycles. The molecule has 0 spiro atoms. The van der Waals surface area contributed by atoms with E-state index < -0.39 is 5.56 Å². The normalized spacial score (nSPS) is 11.0. The molecule has 26 heavy (non-hydrogen) atoms. The van der Waals surface area contributed by atoms with Gasteiger partial charge in [0, 0.05) is 11.9 Å². The summed E-state index contributed by atoms with van der Waals surface area (Å²) in [5.74, 6) is 0.153. The van der Waals surface area contributed by atoms with Gasteiger partial charge in [-0.3, -0.25) is 19.3 Å². The number of aromatic amines is 1. The average Bonchev–Trinajstić information content (AvgIpc) is 2.61. The highest BCUT2D eigenvalue weighted by Gasteiger charge is 2.15. The number of ether oxygens (including phenoxy) is 1. The first-order chi connectivity index (χ1) is 12.5. The molecule has 0 unspecified atom stereocenters. The minimum absolute atomic E-state index is 0.0352. The Morgan fingerprint density at radius 2 is 2.04 bits per heavy atom. The third-order valence-electron chi connectivity index (χ3n) is 3.66. The minimum Gasteiger partial charge on any atom is -0.495 e. The number of aromatic hydroxyl groups is 1. The van der Waals surface area contributed by atoms with E-state index >= 15 is 0 Å². The molecular weight excluding hydrogens is 352 g/mol. The van der Waals surface area contributed by atoms with Crippen LogP contribution in [-0.4, -0.2) is 28.0 Å². The Bertz CT molecular complexity index is 1100. The van der Waals surface area contributed by atoms with Crippen LogP contribution in [0.25, 0.3) is 5.69 Å². The second-order valence-corrected chi connectivity index (χ2v) is 5.74. The predicted molar refractivity (Wildman–Crippen MR) is 104 cm³/mol. The minimum atomic E-state index is -0.550. The fraction of sp³-hybridized carbons (Fsp3) is 0.0556. The number of methoxy groups -OCH3 is 1. The molecule has 7 nitrogen and oxygen atoms in total. The summed E-state index contributed by atoms with van der Waals surface area (Å²) in [6, 6.07) is 13.8.